The van der Waals surface area contributed by atoms with Crippen molar-refractivity contribution in [2.75, 3.05) is 6.61 Å². The van der Waals surface area contributed by atoms with Crippen LogP contribution in [0.4, 0.5) is 0 Å². The first-order valence-electron chi connectivity index (χ1n) is 2.84. The van der Waals surface area contributed by atoms with Gasteiger partial charge >= 0.3 is 0 Å². The molecule has 0 saturated heterocycles. The highest BCUT2D eigenvalue weighted by Gasteiger charge is 2.02. The van der Waals surface area contributed by atoms with E-state index in [-0.39, 0.29) is 12.1 Å². The van der Waals surface area contributed by atoms with Crippen molar-refractivity contribution in [3.63, 3.8) is 0 Å². The van der Waals surface area contributed by atoms with E-state index in [1.165, 1.54) is 0 Å². The second-order valence-corrected chi connectivity index (χ2v) is 2.21. The van der Waals surface area contributed by atoms with Crippen LogP contribution < -0.4 is 0 Å². The van der Waals surface area contributed by atoms with Crippen LogP contribution >= 0.6 is 12.9 Å². The van der Waals surface area contributed by atoms with Gasteiger partial charge in [-0.3, -0.25) is 0 Å². The van der Waals surface area contributed by atoms with Crippen LogP contribution in [0.2, 0.25) is 0 Å². The third kappa shape index (κ3) is 6.22. The standard InChI is InChI=1S/C5H11BO2S/c1-4(3-7-9)8-5(2)6/h4-5,9H,3H2,1-2H3/t4-,5+/m0/s1. The molecule has 0 aliphatic rings. The molecule has 52 valence electrons. The second-order valence-electron chi connectivity index (χ2n) is 1.95. The van der Waals surface area contributed by atoms with Gasteiger partial charge in [0.2, 0.25) is 0 Å². The molecular formula is C5H11BO2S. The highest BCUT2D eigenvalue weighted by molar-refractivity contribution is 7.75. The van der Waals surface area contributed by atoms with Crippen LogP contribution in [0.1, 0.15) is 13.8 Å². The molecular weight excluding hydrogens is 135 g/mol. The molecule has 2 radical (unpaired) electrons. The minimum Gasteiger partial charge on any atom is -0.383 e. The van der Waals surface area contributed by atoms with E-state index >= 15 is 0 Å². The maximum Gasteiger partial charge on any atom is 0.108 e. The lowest BCUT2D eigenvalue weighted by Crippen LogP contribution is -2.20. The maximum absolute atomic E-state index is 5.32. The average Bonchev–Trinajstić information content (AvgIpc) is 1.63. The number of thiol groups is 1. The Bertz CT molecular complexity index is 70.0. The molecule has 0 saturated carbocycles. The Kier molecular flexibility index (Phi) is 5.34. The zero-order valence-electron chi connectivity index (χ0n) is 5.70. The second kappa shape index (κ2) is 5.15. The van der Waals surface area contributed by atoms with E-state index < -0.39 is 0 Å². The van der Waals surface area contributed by atoms with Gasteiger partial charge in [0.25, 0.3) is 0 Å². The van der Waals surface area contributed by atoms with Gasteiger partial charge in [-0.15, -0.1) is 0 Å². The molecule has 0 aliphatic heterocycles. The smallest absolute Gasteiger partial charge is 0.108 e. The summed E-state index contributed by atoms with van der Waals surface area (Å²) in [5, 5.41) is 0. The summed E-state index contributed by atoms with van der Waals surface area (Å²) in [6, 6.07) is -0.233. The molecule has 0 aromatic rings. The summed E-state index contributed by atoms with van der Waals surface area (Å²) in [7, 11) is 5.32. The van der Waals surface area contributed by atoms with Gasteiger partial charge in [0.1, 0.15) is 7.85 Å². The van der Waals surface area contributed by atoms with Gasteiger partial charge in [0.05, 0.1) is 12.7 Å². The van der Waals surface area contributed by atoms with Crippen molar-refractivity contribution in [3.05, 3.63) is 0 Å². The minimum atomic E-state index is -0.233. The average molecular weight is 146 g/mol. The minimum absolute atomic E-state index is 0.0162. The van der Waals surface area contributed by atoms with Gasteiger partial charge in [-0.1, -0.05) is 0 Å². The van der Waals surface area contributed by atoms with Crippen LogP contribution in [0, 0.1) is 0 Å². The Hall–Kier alpha value is 0.335. The summed E-state index contributed by atoms with van der Waals surface area (Å²) in [5.41, 5.74) is 0. The van der Waals surface area contributed by atoms with Crippen molar-refractivity contribution in [2.24, 2.45) is 0 Å². The van der Waals surface area contributed by atoms with Gasteiger partial charge in [-0.05, 0) is 26.8 Å². The number of rotatable bonds is 4. The molecule has 0 aliphatic carbocycles. The molecule has 0 heterocycles. The Balaban J connectivity index is 3.15. The summed E-state index contributed by atoms with van der Waals surface area (Å²) in [4.78, 5) is 0. The molecule has 0 rings (SSSR count). The fourth-order valence-electron chi connectivity index (χ4n) is 0.511. The van der Waals surface area contributed by atoms with Crippen molar-refractivity contribution < 1.29 is 8.92 Å². The maximum atomic E-state index is 5.32. The number of hydrogen-bond acceptors (Lipinski definition) is 3. The number of ether oxygens (including phenoxy) is 1. The first-order chi connectivity index (χ1) is 4.16. The normalized spacial score (nSPS) is 17.2. The fourth-order valence-corrected chi connectivity index (χ4v) is 0.721. The lowest BCUT2D eigenvalue weighted by Gasteiger charge is -2.14. The summed E-state index contributed by atoms with van der Waals surface area (Å²) in [6.07, 6.45) is 0.0162. The van der Waals surface area contributed by atoms with E-state index in [9.17, 15) is 0 Å². The lowest BCUT2D eigenvalue weighted by molar-refractivity contribution is 0.0262. The van der Waals surface area contributed by atoms with Crippen LogP contribution in [0.25, 0.3) is 0 Å². The van der Waals surface area contributed by atoms with E-state index in [1.807, 2.05) is 6.92 Å². The first-order valence-corrected chi connectivity index (χ1v) is 3.20. The van der Waals surface area contributed by atoms with Crippen molar-refractivity contribution >= 4 is 20.8 Å². The van der Waals surface area contributed by atoms with Crippen molar-refractivity contribution in [3.8, 4) is 0 Å². The Morgan fingerprint density at radius 2 is 2.11 bits per heavy atom. The summed E-state index contributed by atoms with van der Waals surface area (Å²) in [6.45, 7) is 4.11. The van der Waals surface area contributed by atoms with E-state index in [0.717, 1.165) is 0 Å². The zero-order valence-corrected chi connectivity index (χ0v) is 6.60. The van der Waals surface area contributed by atoms with E-state index in [4.69, 9.17) is 12.6 Å². The van der Waals surface area contributed by atoms with Crippen LogP contribution in [0.5, 0.6) is 0 Å². The van der Waals surface area contributed by atoms with Gasteiger partial charge in [-0.2, -0.15) is 0 Å². The molecule has 0 aromatic carbocycles. The molecule has 2 atom stereocenters. The molecule has 0 aromatic heterocycles. The largest absolute Gasteiger partial charge is 0.383 e. The molecule has 2 nitrogen and oxygen atoms in total. The highest BCUT2D eigenvalue weighted by Crippen LogP contribution is 1.95. The van der Waals surface area contributed by atoms with Gasteiger partial charge in [0.15, 0.2) is 0 Å². The molecule has 0 N–H and O–H groups in total. The van der Waals surface area contributed by atoms with Crippen molar-refractivity contribution in [1.82, 2.24) is 0 Å². The summed E-state index contributed by atoms with van der Waals surface area (Å²) < 4.78 is 9.61. The molecule has 4 heteroatoms. The fraction of sp³-hybridized carbons (Fsp3) is 1.00. The Morgan fingerprint density at radius 1 is 1.56 bits per heavy atom. The van der Waals surface area contributed by atoms with Crippen LogP contribution in [0.3, 0.4) is 0 Å². The van der Waals surface area contributed by atoms with Gasteiger partial charge < -0.3 is 8.92 Å². The van der Waals surface area contributed by atoms with E-state index in [2.05, 4.69) is 17.1 Å². The highest BCUT2D eigenvalue weighted by atomic mass is 32.1. The zero-order chi connectivity index (χ0) is 7.28. The molecule has 0 fully saturated rings. The van der Waals surface area contributed by atoms with Crippen molar-refractivity contribution in [2.45, 2.75) is 26.0 Å². The van der Waals surface area contributed by atoms with Crippen LogP contribution in [-0.4, -0.2) is 26.6 Å². The predicted molar refractivity (Wildman–Crippen MR) is 40.7 cm³/mol. The Labute approximate surface area is 62.9 Å². The molecule has 9 heavy (non-hydrogen) atoms. The summed E-state index contributed by atoms with van der Waals surface area (Å²) in [5.74, 6) is 0. The molecule has 0 amide bonds. The molecule has 0 bridgehead atoms. The van der Waals surface area contributed by atoms with Crippen LogP contribution in [0.15, 0.2) is 0 Å². The lowest BCUT2D eigenvalue weighted by atomic mass is 10.0. The molecule has 0 unspecified atom stereocenters. The molecule has 0 spiro atoms. The Morgan fingerprint density at radius 3 is 2.44 bits per heavy atom. The van der Waals surface area contributed by atoms with Crippen molar-refractivity contribution in [1.29, 1.82) is 0 Å². The first kappa shape index (κ1) is 9.33. The summed E-state index contributed by atoms with van der Waals surface area (Å²) >= 11 is 3.56. The predicted octanol–water partition coefficient (Wildman–Crippen LogP) is 0.767. The monoisotopic (exact) mass is 146 g/mol. The van der Waals surface area contributed by atoms with Gasteiger partial charge in [-0.25, -0.2) is 0 Å². The van der Waals surface area contributed by atoms with E-state index in [1.54, 1.807) is 6.92 Å². The third-order valence-electron chi connectivity index (χ3n) is 0.756. The SMILES string of the molecule is [B][C@@H](C)O[C@@H](C)COS. The van der Waals surface area contributed by atoms with Crippen LogP contribution in [-0.2, 0) is 8.92 Å². The third-order valence-corrected chi connectivity index (χ3v) is 0.905. The number of hydrogen-bond donors (Lipinski definition) is 1. The van der Waals surface area contributed by atoms with Gasteiger partial charge in [0, 0.05) is 6.00 Å². The van der Waals surface area contributed by atoms with E-state index in [0.29, 0.717) is 6.61 Å². The quantitative estimate of drug-likeness (QED) is 0.358. The topological polar surface area (TPSA) is 18.5 Å².